The molecule has 0 atom stereocenters. The highest BCUT2D eigenvalue weighted by molar-refractivity contribution is 7.99. The van der Waals surface area contributed by atoms with E-state index in [-0.39, 0.29) is 18.0 Å². The van der Waals surface area contributed by atoms with Gasteiger partial charge in [0.05, 0.1) is 20.7 Å². The van der Waals surface area contributed by atoms with Crippen LogP contribution in [0.2, 0.25) is 10.0 Å². The summed E-state index contributed by atoms with van der Waals surface area (Å²) in [7, 11) is 0. The van der Waals surface area contributed by atoms with E-state index in [2.05, 4.69) is 10.2 Å². The van der Waals surface area contributed by atoms with E-state index in [0.717, 1.165) is 4.88 Å². The molecule has 140 valence electrons. The predicted molar refractivity (Wildman–Crippen MR) is 109 cm³/mol. The molecule has 0 fully saturated rings. The van der Waals surface area contributed by atoms with Crippen molar-refractivity contribution in [2.45, 2.75) is 18.1 Å². The fourth-order valence-corrected chi connectivity index (χ4v) is 4.16. The number of benzene rings is 1. The summed E-state index contributed by atoms with van der Waals surface area (Å²) in [5, 5.41) is 11.6. The molecule has 27 heavy (non-hydrogen) atoms. The highest BCUT2D eigenvalue weighted by atomic mass is 35.5. The molecule has 1 aromatic carbocycles. The van der Waals surface area contributed by atoms with Gasteiger partial charge in [-0.05, 0) is 29.6 Å². The summed E-state index contributed by atoms with van der Waals surface area (Å²) in [6.45, 7) is 0.346. The highest BCUT2D eigenvalue weighted by Crippen LogP contribution is 2.28. The van der Waals surface area contributed by atoms with Gasteiger partial charge < -0.3 is 10.3 Å². The summed E-state index contributed by atoms with van der Waals surface area (Å²) < 4.78 is 1.81. The number of carbonyl (C=O) groups is 2. The molecule has 0 spiro atoms. The second-order valence-electron chi connectivity index (χ2n) is 5.49. The number of amides is 1. The molecule has 2 aromatic heterocycles. The number of aromatic nitrogens is 3. The third kappa shape index (κ3) is 4.90. The fourth-order valence-electron chi connectivity index (χ4n) is 2.29. The van der Waals surface area contributed by atoms with Crippen molar-refractivity contribution in [1.82, 2.24) is 14.8 Å². The highest BCUT2D eigenvalue weighted by Gasteiger charge is 2.17. The molecular formula is C17H14Cl2N4O2S2. The minimum atomic E-state index is -0.413. The van der Waals surface area contributed by atoms with Gasteiger partial charge >= 0.3 is 0 Å². The quantitative estimate of drug-likeness (QED) is 0.419. The zero-order valence-corrected chi connectivity index (χ0v) is 17.0. The summed E-state index contributed by atoms with van der Waals surface area (Å²) in [5.41, 5.74) is 5.75. The molecule has 0 aliphatic heterocycles. The third-order valence-corrected chi connectivity index (χ3v) is 6.19. The molecule has 0 radical (unpaired) electrons. The Balaban J connectivity index is 1.78. The molecule has 0 aliphatic carbocycles. The van der Waals surface area contributed by atoms with Crippen molar-refractivity contribution in [3.8, 4) is 10.7 Å². The molecule has 10 heteroatoms. The Hall–Kier alpha value is -1.87. The predicted octanol–water partition coefficient (Wildman–Crippen LogP) is 4.16. The number of thioether (sulfide) groups is 1. The topological polar surface area (TPSA) is 90.9 Å². The molecule has 6 nitrogen and oxygen atoms in total. The largest absolute Gasteiger partial charge is 0.370 e. The van der Waals surface area contributed by atoms with Crippen molar-refractivity contribution in [2.24, 2.45) is 5.73 Å². The maximum absolute atomic E-state index is 12.4. The maximum Gasteiger partial charge on any atom is 0.219 e. The van der Waals surface area contributed by atoms with Gasteiger partial charge in [0.2, 0.25) is 5.91 Å². The number of nitrogens with zero attached hydrogens (tertiary/aromatic N) is 3. The zero-order chi connectivity index (χ0) is 19.4. The summed E-state index contributed by atoms with van der Waals surface area (Å²) in [6.07, 6.45) is 0.157. The van der Waals surface area contributed by atoms with Crippen LogP contribution in [0.4, 0.5) is 0 Å². The monoisotopic (exact) mass is 440 g/mol. The minimum absolute atomic E-state index is 0.110. The number of halogens is 2. The molecule has 2 heterocycles. The second kappa shape index (κ2) is 8.88. The van der Waals surface area contributed by atoms with Gasteiger partial charge in [-0.25, -0.2) is 0 Å². The van der Waals surface area contributed by atoms with E-state index in [1.807, 2.05) is 22.1 Å². The molecule has 3 aromatic rings. The van der Waals surface area contributed by atoms with Crippen molar-refractivity contribution in [2.75, 3.05) is 5.75 Å². The lowest BCUT2D eigenvalue weighted by molar-refractivity contribution is -0.118. The molecule has 3 rings (SSSR count). The van der Waals surface area contributed by atoms with Gasteiger partial charge in [0.25, 0.3) is 0 Å². The van der Waals surface area contributed by atoms with Crippen LogP contribution in [0.1, 0.15) is 16.8 Å². The van der Waals surface area contributed by atoms with Crippen LogP contribution in [-0.4, -0.2) is 32.2 Å². The first-order chi connectivity index (χ1) is 13.0. The van der Waals surface area contributed by atoms with Crippen molar-refractivity contribution in [1.29, 1.82) is 0 Å². The Morgan fingerprint density at radius 1 is 1.19 bits per heavy atom. The zero-order valence-electron chi connectivity index (χ0n) is 13.9. The van der Waals surface area contributed by atoms with Gasteiger partial charge in [-0.2, -0.15) is 0 Å². The number of ketones is 1. The van der Waals surface area contributed by atoms with E-state index < -0.39 is 5.91 Å². The summed E-state index contributed by atoms with van der Waals surface area (Å²) in [5.74, 6) is 0.275. The number of carbonyl (C=O) groups excluding carboxylic acids is 2. The Morgan fingerprint density at radius 2 is 2.00 bits per heavy atom. The Morgan fingerprint density at radius 3 is 2.67 bits per heavy atom. The number of nitrogens with two attached hydrogens (primary N) is 1. The van der Waals surface area contributed by atoms with Crippen LogP contribution in [-0.2, 0) is 11.3 Å². The molecule has 0 saturated carbocycles. The van der Waals surface area contributed by atoms with Crippen molar-refractivity contribution < 1.29 is 9.59 Å². The normalized spacial score (nSPS) is 10.9. The number of hydrogen-bond donors (Lipinski definition) is 1. The van der Waals surface area contributed by atoms with Crippen LogP contribution in [0, 0.1) is 0 Å². The average molecular weight is 441 g/mol. The molecule has 0 saturated heterocycles. The number of primary amides is 1. The van der Waals surface area contributed by atoms with Crippen LogP contribution in [0.5, 0.6) is 0 Å². The van der Waals surface area contributed by atoms with Crippen molar-refractivity contribution >= 4 is 58.0 Å². The van der Waals surface area contributed by atoms with Gasteiger partial charge in [0.15, 0.2) is 16.8 Å². The Kier molecular flexibility index (Phi) is 6.54. The van der Waals surface area contributed by atoms with Gasteiger partial charge in [0, 0.05) is 18.5 Å². The fraction of sp³-hybridized carbons (Fsp3) is 0.176. The number of rotatable bonds is 8. The van der Waals surface area contributed by atoms with E-state index in [0.29, 0.717) is 33.1 Å². The van der Waals surface area contributed by atoms with Gasteiger partial charge in [-0.1, -0.05) is 41.0 Å². The standard InChI is InChI=1S/C17H14Cl2N4O2S2/c18-11-4-3-10(8-12(11)19)13(24)9-27-17-22-21-16(14-2-1-7-26-14)23(17)6-5-15(20)25/h1-4,7-8H,5-6,9H2,(H2,20,25). The first kappa shape index (κ1) is 19.9. The van der Waals surface area contributed by atoms with Crippen LogP contribution in [0.3, 0.4) is 0 Å². The van der Waals surface area contributed by atoms with Crippen LogP contribution >= 0.6 is 46.3 Å². The lowest BCUT2D eigenvalue weighted by atomic mass is 10.1. The maximum atomic E-state index is 12.4. The van der Waals surface area contributed by atoms with E-state index in [1.165, 1.54) is 23.1 Å². The van der Waals surface area contributed by atoms with Crippen molar-refractivity contribution in [3.63, 3.8) is 0 Å². The molecule has 0 unspecified atom stereocenters. The minimum Gasteiger partial charge on any atom is -0.370 e. The lowest BCUT2D eigenvalue weighted by Crippen LogP contribution is -2.15. The first-order valence-corrected chi connectivity index (χ1v) is 10.4. The average Bonchev–Trinajstić information content (AvgIpc) is 3.29. The molecule has 1 amide bonds. The summed E-state index contributed by atoms with van der Waals surface area (Å²) in [6, 6.07) is 8.60. The Labute approximate surface area is 173 Å². The lowest BCUT2D eigenvalue weighted by Gasteiger charge is -2.08. The summed E-state index contributed by atoms with van der Waals surface area (Å²) in [4.78, 5) is 24.6. The van der Waals surface area contributed by atoms with Gasteiger partial charge in [-0.15, -0.1) is 21.5 Å². The molecule has 0 aliphatic rings. The van der Waals surface area contributed by atoms with Crippen LogP contribution in [0.25, 0.3) is 10.7 Å². The molecule has 0 bridgehead atoms. The molecule has 2 N–H and O–H groups in total. The van der Waals surface area contributed by atoms with E-state index in [9.17, 15) is 9.59 Å². The Bertz CT molecular complexity index is 973. The van der Waals surface area contributed by atoms with Gasteiger partial charge in [0.1, 0.15) is 0 Å². The second-order valence-corrected chi connectivity index (χ2v) is 8.20. The summed E-state index contributed by atoms with van der Waals surface area (Å²) >= 11 is 14.6. The molecular weight excluding hydrogens is 427 g/mol. The van der Waals surface area contributed by atoms with E-state index in [1.54, 1.807) is 18.2 Å². The van der Waals surface area contributed by atoms with Crippen molar-refractivity contribution in [3.05, 3.63) is 51.3 Å². The van der Waals surface area contributed by atoms with E-state index >= 15 is 0 Å². The SMILES string of the molecule is NC(=O)CCn1c(SCC(=O)c2ccc(Cl)c(Cl)c2)nnc1-c1cccs1. The van der Waals surface area contributed by atoms with E-state index in [4.69, 9.17) is 28.9 Å². The number of thiophene rings is 1. The smallest absolute Gasteiger partial charge is 0.219 e. The third-order valence-electron chi connectivity index (χ3n) is 3.61. The van der Waals surface area contributed by atoms with Gasteiger partial charge in [-0.3, -0.25) is 9.59 Å². The van der Waals surface area contributed by atoms with Crippen LogP contribution < -0.4 is 5.73 Å². The van der Waals surface area contributed by atoms with Crippen LogP contribution in [0.15, 0.2) is 40.9 Å². The number of hydrogen-bond acceptors (Lipinski definition) is 6. The number of Topliss-reactive ketones (excluding diaryl/α,β-unsaturated/α-hetero) is 1. The first-order valence-electron chi connectivity index (χ1n) is 7.82.